The van der Waals surface area contributed by atoms with Crippen molar-refractivity contribution >= 4 is 0 Å². The fourth-order valence-electron chi connectivity index (χ4n) is 2.31. The summed E-state index contributed by atoms with van der Waals surface area (Å²) in [5.41, 5.74) is 8.70. The van der Waals surface area contributed by atoms with E-state index >= 15 is 0 Å². The van der Waals surface area contributed by atoms with Crippen LogP contribution >= 0.6 is 0 Å². The number of nitrogens with two attached hydrogens (primary N) is 1. The molecule has 0 spiro atoms. The van der Waals surface area contributed by atoms with Crippen molar-refractivity contribution in [3.63, 3.8) is 0 Å². The lowest BCUT2D eigenvalue weighted by atomic mass is 9.97. The van der Waals surface area contributed by atoms with Crippen LogP contribution in [0.1, 0.15) is 31.0 Å². The highest BCUT2D eigenvalue weighted by Crippen LogP contribution is 2.24. The van der Waals surface area contributed by atoms with Gasteiger partial charge in [0.1, 0.15) is 0 Å². The summed E-state index contributed by atoms with van der Waals surface area (Å²) in [6.45, 7) is 7.03. The van der Waals surface area contributed by atoms with E-state index in [4.69, 9.17) is 10.5 Å². The lowest BCUT2D eigenvalue weighted by Crippen LogP contribution is -2.43. The number of likely N-dealkylation sites (N-methyl/N-ethyl adjacent to an activating group) is 1. The maximum absolute atomic E-state index is 6.16. The van der Waals surface area contributed by atoms with Gasteiger partial charge in [-0.25, -0.2) is 0 Å². The van der Waals surface area contributed by atoms with Gasteiger partial charge in [-0.1, -0.05) is 29.8 Å². The molecule has 0 bridgehead atoms. The van der Waals surface area contributed by atoms with Crippen molar-refractivity contribution < 1.29 is 4.74 Å². The topological polar surface area (TPSA) is 38.5 Å². The lowest BCUT2D eigenvalue weighted by molar-refractivity contribution is 0.0819. The molecule has 3 unspecified atom stereocenters. The van der Waals surface area contributed by atoms with Crippen LogP contribution in [0.25, 0.3) is 0 Å². The Hall–Kier alpha value is -0.900. The van der Waals surface area contributed by atoms with Gasteiger partial charge in [0, 0.05) is 25.2 Å². The molecule has 0 saturated heterocycles. The van der Waals surface area contributed by atoms with Crippen LogP contribution in [0.3, 0.4) is 0 Å². The van der Waals surface area contributed by atoms with Crippen molar-refractivity contribution in [2.75, 3.05) is 20.8 Å². The molecule has 1 aromatic carbocycles. The predicted molar refractivity (Wildman–Crippen MR) is 76.7 cm³/mol. The first kappa shape index (κ1) is 15.2. The highest BCUT2D eigenvalue weighted by atomic mass is 16.5. The molecule has 102 valence electrons. The van der Waals surface area contributed by atoms with Crippen LogP contribution in [0.15, 0.2) is 24.3 Å². The second kappa shape index (κ2) is 6.88. The first-order valence-corrected chi connectivity index (χ1v) is 6.50. The summed E-state index contributed by atoms with van der Waals surface area (Å²) < 4.78 is 5.23. The van der Waals surface area contributed by atoms with Gasteiger partial charge in [0.2, 0.25) is 0 Å². The van der Waals surface area contributed by atoms with Crippen LogP contribution in [-0.4, -0.2) is 37.7 Å². The van der Waals surface area contributed by atoms with Gasteiger partial charge >= 0.3 is 0 Å². The molecule has 0 aromatic heterocycles. The average molecular weight is 250 g/mol. The summed E-state index contributed by atoms with van der Waals surface area (Å²) >= 11 is 0. The number of rotatable bonds is 6. The van der Waals surface area contributed by atoms with Crippen molar-refractivity contribution in [3.05, 3.63) is 35.4 Å². The molecule has 0 heterocycles. The Morgan fingerprint density at radius 1 is 1.22 bits per heavy atom. The van der Waals surface area contributed by atoms with E-state index in [0.29, 0.717) is 12.6 Å². The second-order valence-electron chi connectivity index (χ2n) is 5.18. The molecule has 2 N–H and O–H groups in total. The van der Waals surface area contributed by atoms with Crippen molar-refractivity contribution in [1.29, 1.82) is 0 Å². The van der Waals surface area contributed by atoms with E-state index in [-0.39, 0.29) is 12.1 Å². The third-order valence-corrected chi connectivity index (χ3v) is 3.46. The zero-order valence-electron chi connectivity index (χ0n) is 12.2. The van der Waals surface area contributed by atoms with E-state index in [0.717, 1.165) is 0 Å². The first-order chi connectivity index (χ1) is 8.47. The van der Waals surface area contributed by atoms with Gasteiger partial charge in [-0.3, -0.25) is 4.90 Å². The largest absolute Gasteiger partial charge is 0.383 e. The van der Waals surface area contributed by atoms with E-state index in [1.54, 1.807) is 7.11 Å². The summed E-state index contributed by atoms with van der Waals surface area (Å²) in [6.07, 6.45) is 0. The summed E-state index contributed by atoms with van der Waals surface area (Å²) in [5.74, 6) is 0. The van der Waals surface area contributed by atoms with E-state index in [2.05, 4.69) is 57.0 Å². The summed E-state index contributed by atoms with van der Waals surface area (Å²) in [6, 6.07) is 9.25. The summed E-state index contributed by atoms with van der Waals surface area (Å²) in [4.78, 5) is 2.29. The molecule has 0 radical (unpaired) electrons. The van der Waals surface area contributed by atoms with E-state index in [1.807, 2.05) is 0 Å². The van der Waals surface area contributed by atoms with Gasteiger partial charge in [0.05, 0.1) is 6.61 Å². The highest BCUT2D eigenvalue weighted by Gasteiger charge is 2.24. The normalized spacial score (nSPS) is 16.6. The number of methoxy groups -OCH3 is 1. The number of hydrogen-bond donors (Lipinski definition) is 1. The summed E-state index contributed by atoms with van der Waals surface area (Å²) in [7, 11) is 3.84. The molecule has 0 amide bonds. The highest BCUT2D eigenvalue weighted by molar-refractivity contribution is 5.25. The number of ether oxygens (including phenoxy) is 1. The molecule has 0 aliphatic carbocycles. The Bertz CT molecular complexity index is 348. The Balaban J connectivity index is 2.92. The molecule has 0 fully saturated rings. The molecule has 0 saturated carbocycles. The number of nitrogens with zero attached hydrogens (tertiary/aromatic N) is 1. The van der Waals surface area contributed by atoms with Gasteiger partial charge in [-0.15, -0.1) is 0 Å². The van der Waals surface area contributed by atoms with E-state index in [9.17, 15) is 0 Å². The van der Waals surface area contributed by atoms with Crippen molar-refractivity contribution in [2.45, 2.75) is 38.9 Å². The van der Waals surface area contributed by atoms with Crippen LogP contribution in [0.4, 0.5) is 0 Å². The minimum atomic E-state index is 0.0806. The Labute approximate surface area is 111 Å². The molecule has 3 heteroatoms. The Kier molecular flexibility index (Phi) is 5.79. The van der Waals surface area contributed by atoms with Crippen molar-refractivity contribution in [3.8, 4) is 0 Å². The Morgan fingerprint density at radius 3 is 2.22 bits per heavy atom. The van der Waals surface area contributed by atoms with Gasteiger partial charge < -0.3 is 10.5 Å². The van der Waals surface area contributed by atoms with Crippen LogP contribution in [-0.2, 0) is 4.74 Å². The number of benzene rings is 1. The zero-order valence-corrected chi connectivity index (χ0v) is 12.2. The molecule has 1 aromatic rings. The van der Waals surface area contributed by atoms with Gasteiger partial charge in [0.25, 0.3) is 0 Å². The monoisotopic (exact) mass is 250 g/mol. The molecule has 1 rings (SSSR count). The fourth-order valence-corrected chi connectivity index (χ4v) is 2.31. The number of aryl methyl sites for hydroxylation is 1. The van der Waals surface area contributed by atoms with Gasteiger partial charge in [-0.05, 0) is 33.4 Å². The second-order valence-corrected chi connectivity index (χ2v) is 5.18. The molecule has 0 aliphatic rings. The minimum absolute atomic E-state index is 0.0806. The maximum atomic E-state index is 6.16. The van der Waals surface area contributed by atoms with Crippen LogP contribution in [0.5, 0.6) is 0 Å². The zero-order chi connectivity index (χ0) is 13.7. The SMILES string of the molecule is COCC(C)N(C)C(c1ccc(C)cc1)C(C)N. The predicted octanol–water partition coefficient (Wildman–Crippen LogP) is 2.35. The van der Waals surface area contributed by atoms with Crippen LogP contribution in [0, 0.1) is 6.92 Å². The Morgan fingerprint density at radius 2 is 1.78 bits per heavy atom. The number of hydrogen-bond acceptors (Lipinski definition) is 3. The molecule has 3 atom stereocenters. The molecule has 18 heavy (non-hydrogen) atoms. The van der Waals surface area contributed by atoms with Crippen molar-refractivity contribution in [2.24, 2.45) is 5.73 Å². The smallest absolute Gasteiger partial charge is 0.0615 e. The third-order valence-electron chi connectivity index (χ3n) is 3.46. The van der Waals surface area contributed by atoms with Crippen molar-refractivity contribution in [1.82, 2.24) is 4.90 Å². The van der Waals surface area contributed by atoms with Gasteiger partial charge in [0.15, 0.2) is 0 Å². The quantitative estimate of drug-likeness (QED) is 0.842. The third kappa shape index (κ3) is 3.80. The lowest BCUT2D eigenvalue weighted by Gasteiger charge is -2.35. The minimum Gasteiger partial charge on any atom is -0.383 e. The standard InChI is InChI=1S/C15H26N2O/c1-11-6-8-14(9-7-11)15(13(3)16)17(4)12(2)10-18-5/h6-9,12-13,15H,10,16H2,1-5H3. The molecular weight excluding hydrogens is 224 g/mol. The fraction of sp³-hybridized carbons (Fsp3) is 0.600. The first-order valence-electron chi connectivity index (χ1n) is 6.50. The average Bonchev–Trinajstić information content (AvgIpc) is 2.31. The van der Waals surface area contributed by atoms with E-state index in [1.165, 1.54) is 11.1 Å². The summed E-state index contributed by atoms with van der Waals surface area (Å²) in [5, 5.41) is 0. The van der Waals surface area contributed by atoms with Crippen LogP contribution in [0.2, 0.25) is 0 Å². The molecule has 0 aliphatic heterocycles. The maximum Gasteiger partial charge on any atom is 0.0615 e. The van der Waals surface area contributed by atoms with Gasteiger partial charge in [-0.2, -0.15) is 0 Å². The van der Waals surface area contributed by atoms with E-state index < -0.39 is 0 Å². The molecule has 3 nitrogen and oxygen atoms in total. The molecular formula is C15H26N2O. The van der Waals surface area contributed by atoms with Crippen LogP contribution < -0.4 is 5.73 Å².